The molecule has 0 aliphatic rings. The zero-order valence-corrected chi connectivity index (χ0v) is 9.43. The standard InChI is InChI=1S/C9H3ClF5NO3/c10-5-3-4(1-2-6(5)16(18)19)7(17)8(11,12)9(13,14)15/h1-3H. The van der Waals surface area contributed by atoms with Crippen LogP contribution < -0.4 is 0 Å². The number of hydrogen-bond donors (Lipinski definition) is 0. The van der Waals surface area contributed by atoms with Crippen LogP contribution >= 0.6 is 11.6 Å². The minimum Gasteiger partial charge on any atom is -0.287 e. The minimum atomic E-state index is -6.06. The molecule has 0 aliphatic carbocycles. The van der Waals surface area contributed by atoms with Gasteiger partial charge in [0.25, 0.3) is 5.69 Å². The highest BCUT2D eigenvalue weighted by Crippen LogP contribution is 2.38. The van der Waals surface area contributed by atoms with Crippen LogP contribution in [-0.4, -0.2) is 22.8 Å². The van der Waals surface area contributed by atoms with Gasteiger partial charge >= 0.3 is 12.1 Å². The van der Waals surface area contributed by atoms with Crippen molar-refractivity contribution in [1.29, 1.82) is 0 Å². The van der Waals surface area contributed by atoms with Crippen LogP contribution in [0.2, 0.25) is 5.02 Å². The Morgan fingerprint density at radius 2 is 1.74 bits per heavy atom. The highest BCUT2D eigenvalue weighted by Gasteiger charge is 2.63. The zero-order chi connectivity index (χ0) is 15.0. The fraction of sp³-hybridized carbons (Fsp3) is 0.222. The lowest BCUT2D eigenvalue weighted by Gasteiger charge is -2.18. The number of carbonyl (C=O) groups excluding carboxylic acids is 1. The second kappa shape index (κ2) is 4.72. The summed E-state index contributed by atoms with van der Waals surface area (Å²) in [5, 5.41) is 9.65. The van der Waals surface area contributed by atoms with Gasteiger partial charge < -0.3 is 0 Å². The van der Waals surface area contributed by atoms with Gasteiger partial charge in [0.15, 0.2) is 0 Å². The number of Topliss-reactive ketones (excluding diaryl/α,β-unsaturated/α-hetero) is 1. The van der Waals surface area contributed by atoms with E-state index in [0.29, 0.717) is 18.2 Å². The van der Waals surface area contributed by atoms with E-state index in [2.05, 4.69) is 0 Å². The molecular formula is C9H3ClF5NO3. The van der Waals surface area contributed by atoms with E-state index in [4.69, 9.17) is 11.6 Å². The smallest absolute Gasteiger partial charge is 0.287 e. The van der Waals surface area contributed by atoms with Crippen molar-refractivity contribution < 1.29 is 31.7 Å². The number of rotatable bonds is 3. The van der Waals surface area contributed by atoms with Crippen LogP contribution in [0.3, 0.4) is 0 Å². The molecule has 0 atom stereocenters. The summed E-state index contributed by atoms with van der Waals surface area (Å²) in [6, 6.07) is 1.44. The molecule has 0 aromatic heterocycles. The molecule has 0 fully saturated rings. The van der Waals surface area contributed by atoms with E-state index in [-0.39, 0.29) is 0 Å². The van der Waals surface area contributed by atoms with E-state index in [0.717, 1.165) is 0 Å². The summed E-state index contributed by atoms with van der Waals surface area (Å²) in [5.74, 6) is -8.12. The fourth-order valence-electron chi connectivity index (χ4n) is 1.11. The lowest BCUT2D eigenvalue weighted by atomic mass is 10.0. The third-order valence-corrected chi connectivity index (χ3v) is 2.35. The highest BCUT2D eigenvalue weighted by molar-refractivity contribution is 6.33. The van der Waals surface area contributed by atoms with E-state index < -0.39 is 39.1 Å². The van der Waals surface area contributed by atoms with E-state index in [1.54, 1.807) is 0 Å². The van der Waals surface area contributed by atoms with Crippen molar-refractivity contribution >= 4 is 23.1 Å². The summed E-state index contributed by atoms with van der Waals surface area (Å²) in [6.45, 7) is 0. The van der Waals surface area contributed by atoms with Crippen LogP contribution in [0, 0.1) is 10.1 Å². The van der Waals surface area contributed by atoms with Gasteiger partial charge in [0.2, 0.25) is 5.78 Å². The number of nitro benzene ring substituents is 1. The Morgan fingerprint density at radius 1 is 1.21 bits per heavy atom. The molecule has 0 saturated carbocycles. The molecule has 1 rings (SSSR count). The first-order valence-corrected chi connectivity index (χ1v) is 4.79. The lowest BCUT2D eigenvalue weighted by Crippen LogP contribution is -2.44. The molecule has 104 valence electrons. The normalized spacial score (nSPS) is 12.3. The van der Waals surface area contributed by atoms with Gasteiger partial charge in [-0.3, -0.25) is 14.9 Å². The molecule has 0 N–H and O–H groups in total. The second-order valence-electron chi connectivity index (χ2n) is 3.32. The van der Waals surface area contributed by atoms with Crippen molar-refractivity contribution in [3.63, 3.8) is 0 Å². The molecule has 0 spiro atoms. The van der Waals surface area contributed by atoms with E-state index in [9.17, 15) is 36.9 Å². The quantitative estimate of drug-likeness (QED) is 0.371. The molecule has 10 heteroatoms. The van der Waals surface area contributed by atoms with Gasteiger partial charge in [-0.15, -0.1) is 0 Å². The van der Waals surface area contributed by atoms with Crippen molar-refractivity contribution in [1.82, 2.24) is 0 Å². The molecule has 0 unspecified atom stereocenters. The van der Waals surface area contributed by atoms with E-state index >= 15 is 0 Å². The first kappa shape index (κ1) is 15.3. The Bertz CT molecular complexity index is 543. The van der Waals surface area contributed by atoms with Gasteiger partial charge in [-0.1, -0.05) is 11.6 Å². The number of halogens is 6. The monoisotopic (exact) mass is 303 g/mol. The largest absolute Gasteiger partial charge is 0.461 e. The number of hydrogen-bond acceptors (Lipinski definition) is 3. The Labute approximate surface area is 106 Å². The molecule has 19 heavy (non-hydrogen) atoms. The van der Waals surface area contributed by atoms with Gasteiger partial charge in [0.1, 0.15) is 5.02 Å². The lowest BCUT2D eigenvalue weighted by molar-refractivity contribution is -0.384. The van der Waals surface area contributed by atoms with Crippen molar-refractivity contribution in [2.45, 2.75) is 12.1 Å². The van der Waals surface area contributed by atoms with Gasteiger partial charge in [0, 0.05) is 11.6 Å². The van der Waals surface area contributed by atoms with Crippen molar-refractivity contribution in [2.24, 2.45) is 0 Å². The first-order chi connectivity index (χ1) is 8.48. The number of benzene rings is 1. The average molecular weight is 304 g/mol. The highest BCUT2D eigenvalue weighted by atomic mass is 35.5. The summed E-state index contributed by atoms with van der Waals surface area (Å²) < 4.78 is 61.4. The fourth-order valence-corrected chi connectivity index (χ4v) is 1.36. The average Bonchev–Trinajstić information content (AvgIpc) is 2.25. The first-order valence-electron chi connectivity index (χ1n) is 4.41. The summed E-state index contributed by atoms with van der Waals surface area (Å²) in [7, 11) is 0. The maximum atomic E-state index is 12.7. The Balaban J connectivity index is 3.23. The van der Waals surface area contributed by atoms with E-state index in [1.165, 1.54) is 0 Å². The van der Waals surface area contributed by atoms with Crippen LogP contribution in [0.1, 0.15) is 10.4 Å². The second-order valence-corrected chi connectivity index (χ2v) is 3.73. The van der Waals surface area contributed by atoms with Crippen molar-refractivity contribution in [3.8, 4) is 0 Å². The molecule has 0 amide bonds. The maximum Gasteiger partial charge on any atom is 0.461 e. The summed E-state index contributed by atoms with van der Waals surface area (Å²) in [6.07, 6.45) is -6.06. The van der Waals surface area contributed by atoms with Crippen LogP contribution in [0.4, 0.5) is 27.6 Å². The Kier molecular flexibility index (Phi) is 3.80. The predicted molar refractivity (Wildman–Crippen MR) is 53.4 cm³/mol. The van der Waals surface area contributed by atoms with Crippen LogP contribution in [-0.2, 0) is 0 Å². The molecule has 1 aromatic carbocycles. The third kappa shape index (κ3) is 2.80. The van der Waals surface area contributed by atoms with Crippen LogP contribution in [0.5, 0.6) is 0 Å². The van der Waals surface area contributed by atoms with Crippen molar-refractivity contribution in [3.05, 3.63) is 38.9 Å². The molecule has 0 heterocycles. The molecule has 4 nitrogen and oxygen atoms in total. The van der Waals surface area contributed by atoms with Gasteiger partial charge in [-0.2, -0.15) is 22.0 Å². The van der Waals surface area contributed by atoms with Gasteiger partial charge in [0.05, 0.1) is 4.92 Å². The van der Waals surface area contributed by atoms with Crippen LogP contribution in [0.25, 0.3) is 0 Å². The molecule has 0 saturated heterocycles. The SMILES string of the molecule is O=C(c1ccc([N+](=O)[O-])c(Cl)c1)C(F)(F)C(F)(F)F. The Morgan fingerprint density at radius 3 is 2.11 bits per heavy atom. The Hall–Kier alpha value is -1.77. The number of nitrogens with zero attached hydrogens (tertiary/aromatic N) is 1. The third-order valence-electron chi connectivity index (χ3n) is 2.05. The molecule has 0 radical (unpaired) electrons. The summed E-state index contributed by atoms with van der Waals surface area (Å²) in [4.78, 5) is 20.4. The summed E-state index contributed by atoms with van der Waals surface area (Å²) >= 11 is 5.31. The molecule has 0 aliphatic heterocycles. The number of nitro groups is 1. The predicted octanol–water partition coefficient (Wildman–Crippen LogP) is 3.63. The number of carbonyl (C=O) groups is 1. The van der Waals surface area contributed by atoms with Gasteiger partial charge in [-0.25, -0.2) is 0 Å². The number of alkyl halides is 5. The molecular weight excluding hydrogens is 301 g/mol. The number of ketones is 1. The maximum absolute atomic E-state index is 12.7. The van der Waals surface area contributed by atoms with Crippen LogP contribution in [0.15, 0.2) is 18.2 Å². The topological polar surface area (TPSA) is 60.2 Å². The summed E-state index contributed by atoms with van der Waals surface area (Å²) in [5.41, 5.74) is -1.79. The minimum absolute atomic E-state index is 0.391. The molecule has 0 bridgehead atoms. The zero-order valence-electron chi connectivity index (χ0n) is 8.67. The van der Waals surface area contributed by atoms with Gasteiger partial charge in [-0.05, 0) is 12.1 Å². The van der Waals surface area contributed by atoms with E-state index in [1.807, 2.05) is 0 Å². The van der Waals surface area contributed by atoms with Crippen molar-refractivity contribution in [2.75, 3.05) is 0 Å². The molecule has 1 aromatic rings.